The van der Waals surface area contributed by atoms with Crippen molar-refractivity contribution in [3.63, 3.8) is 0 Å². The van der Waals surface area contributed by atoms with Crippen LogP contribution in [0.15, 0.2) is 52.3 Å². The molecule has 8 heteroatoms. The van der Waals surface area contributed by atoms with Crippen molar-refractivity contribution in [3.05, 3.63) is 62.9 Å². The molecule has 0 radical (unpaired) electrons. The molecule has 2 amide bonds. The van der Waals surface area contributed by atoms with Gasteiger partial charge in [-0.25, -0.2) is 4.98 Å². The molecule has 0 saturated carbocycles. The first-order chi connectivity index (χ1) is 16.9. The Balaban J connectivity index is 1.41. The van der Waals surface area contributed by atoms with Crippen molar-refractivity contribution in [1.82, 2.24) is 9.88 Å². The normalized spacial score (nSPS) is 14.1. The molecule has 1 fully saturated rings. The molecule has 3 aromatic rings. The molecule has 4 rings (SSSR count). The first kappa shape index (κ1) is 25.4. The fourth-order valence-electron chi connectivity index (χ4n) is 4.53. The Labute approximate surface area is 219 Å². The predicted molar refractivity (Wildman–Crippen MR) is 147 cm³/mol. The summed E-state index contributed by atoms with van der Waals surface area (Å²) in [6.07, 6.45) is 1.76. The van der Waals surface area contributed by atoms with E-state index in [0.29, 0.717) is 30.3 Å². The lowest BCUT2D eigenvalue weighted by atomic mass is 9.96. The summed E-state index contributed by atoms with van der Waals surface area (Å²) in [5.41, 5.74) is 4.44. The van der Waals surface area contributed by atoms with Gasteiger partial charge in [0.05, 0.1) is 22.0 Å². The van der Waals surface area contributed by atoms with Gasteiger partial charge < -0.3 is 15.1 Å². The van der Waals surface area contributed by atoms with Crippen molar-refractivity contribution in [2.45, 2.75) is 39.5 Å². The van der Waals surface area contributed by atoms with Crippen LogP contribution in [0, 0.1) is 0 Å². The molecule has 1 aliphatic heterocycles. The molecule has 6 nitrogen and oxygen atoms in total. The molecule has 184 valence electrons. The Kier molecular flexibility index (Phi) is 8.23. The number of anilines is 2. The molecule has 35 heavy (non-hydrogen) atoms. The van der Waals surface area contributed by atoms with E-state index in [2.05, 4.69) is 69.6 Å². The summed E-state index contributed by atoms with van der Waals surface area (Å²) >= 11 is 5.15. The molecule has 0 atom stereocenters. The van der Waals surface area contributed by atoms with E-state index >= 15 is 0 Å². The highest BCUT2D eigenvalue weighted by molar-refractivity contribution is 9.10. The lowest BCUT2D eigenvalue weighted by Gasteiger charge is -2.31. The SMILES string of the molecule is CCN(CC)c1ccc(-c2csc(C3CCN(C(=O)c4cc(Br)ccc4NC(C)=O)CC3)n2)cc1. The number of piperidine rings is 1. The van der Waals surface area contributed by atoms with Gasteiger partial charge in [-0.2, -0.15) is 0 Å². The third-order valence-electron chi connectivity index (χ3n) is 6.47. The van der Waals surface area contributed by atoms with Crippen LogP contribution in [0.1, 0.15) is 54.9 Å². The first-order valence-corrected chi connectivity index (χ1v) is 13.7. The van der Waals surface area contributed by atoms with Crippen molar-refractivity contribution in [2.24, 2.45) is 0 Å². The molecule has 1 N–H and O–H groups in total. The van der Waals surface area contributed by atoms with Crippen LogP contribution in [0.4, 0.5) is 11.4 Å². The molecule has 1 aliphatic rings. The topological polar surface area (TPSA) is 65.5 Å². The lowest BCUT2D eigenvalue weighted by molar-refractivity contribution is -0.114. The van der Waals surface area contributed by atoms with Gasteiger partial charge in [0.15, 0.2) is 0 Å². The molecule has 2 aromatic carbocycles. The third kappa shape index (κ3) is 5.93. The van der Waals surface area contributed by atoms with Crippen molar-refractivity contribution in [2.75, 3.05) is 36.4 Å². The number of thiazole rings is 1. The highest BCUT2D eigenvalue weighted by Crippen LogP contribution is 2.34. The van der Waals surface area contributed by atoms with E-state index in [4.69, 9.17) is 4.98 Å². The van der Waals surface area contributed by atoms with Gasteiger partial charge >= 0.3 is 0 Å². The summed E-state index contributed by atoms with van der Waals surface area (Å²) < 4.78 is 0.810. The zero-order valence-corrected chi connectivity index (χ0v) is 22.8. The van der Waals surface area contributed by atoms with Crippen LogP contribution in [0.25, 0.3) is 11.3 Å². The second-order valence-electron chi connectivity index (χ2n) is 8.73. The Morgan fingerprint density at radius 3 is 2.43 bits per heavy atom. The van der Waals surface area contributed by atoms with E-state index in [-0.39, 0.29) is 11.8 Å². The average Bonchev–Trinajstić information content (AvgIpc) is 3.36. The fourth-order valence-corrected chi connectivity index (χ4v) is 5.89. The summed E-state index contributed by atoms with van der Waals surface area (Å²) in [5.74, 6) is 0.106. The number of nitrogens with one attached hydrogen (secondary N) is 1. The average molecular weight is 556 g/mol. The van der Waals surface area contributed by atoms with Gasteiger partial charge in [0.1, 0.15) is 0 Å². The molecular formula is C27H31BrN4O2S. The monoisotopic (exact) mass is 554 g/mol. The number of benzene rings is 2. The van der Waals surface area contributed by atoms with E-state index in [1.165, 1.54) is 12.6 Å². The van der Waals surface area contributed by atoms with E-state index in [1.54, 1.807) is 23.5 Å². The summed E-state index contributed by atoms with van der Waals surface area (Å²) in [5, 5.41) is 6.05. The van der Waals surface area contributed by atoms with Crippen LogP contribution in [-0.4, -0.2) is 47.9 Å². The number of carbonyl (C=O) groups is 2. The Hall–Kier alpha value is -2.71. The number of hydrogen-bond donors (Lipinski definition) is 1. The Bertz CT molecular complexity index is 1180. The van der Waals surface area contributed by atoms with Gasteiger partial charge in [-0.1, -0.05) is 28.1 Å². The Morgan fingerprint density at radius 1 is 1.11 bits per heavy atom. The number of rotatable bonds is 7. The molecule has 0 bridgehead atoms. The molecule has 0 unspecified atom stereocenters. The van der Waals surface area contributed by atoms with Gasteiger partial charge in [0, 0.05) is 60.1 Å². The number of likely N-dealkylation sites (tertiary alicyclic amines) is 1. The molecule has 1 aromatic heterocycles. The van der Waals surface area contributed by atoms with E-state index < -0.39 is 0 Å². The predicted octanol–water partition coefficient (Wildman–Crippen LogP) is 6.40. The minimum atomic E-state index is -0.192. The van der Waals surface area contributed by atoms with Gasteiger partial charge in [0.2, 0.25) is 5.91 Å². The van der Waals surface area contributed by atoms with Crippen molar-refractivity contribution < 1.29 is 9.59 Å². The smallest absolute Gasteiger partial charge is 0.256 e. The second-order valence-corrected chi connectivity index (χ2v) is 10.5. The number of amides is 2. The quantitative estimate of drug-likeness (QED) is 0.367. The summed E-state index contributed by atoms with van der Waals surface area (Å²) in [4.78, 5) is 34.0. The number of carbonyl (C=O) groups excluding carboxylic acids is 2. The number of halogens is 1. The molecule has 1 saturated heterocycles. The minimum Gasteiger partial charge on any atom is -0.372 e. The second kappa shape index (κ2) is 11.4. The van der Waals surface area contributed by atoms with Crippen molar-refractivity contribution in [3.8, 4) is 11.3 Å². The van der Waals surface area contributed by atoms with Gasteiger partial charge in [-0.15, -0.1) is 11.3 Å². The van der Waals surface area contributed by atoms with Crippen LogP contribution in [0.2, 0.25) is 0 Å². The highest BCUT2D eigenvalue weighted by atomic mass is 79.9. The number of hydrogen-bond acceptors (Lipinski definition) is 5. The van der Waals surface area contributed by atoms with Crippen LogP contribution in [0.5, 0.6) is 0 Å². The van der Waals surface area contributed by atoms with E-state index in [9.17, 15) is 9.59 Å². The minimum absolute atomic E-state index is 0.0541. The van der Waals surface area contributed by atoms with Gasteiger partial charge in [-0.05, 0) is 57.0 Å². The Morgan fingerprint density at radius 2 is 1.80 bits per heavy atom. The zero-order valence-electron chi connectivity index (χ0n) is 20.4. The standard InChI is InChI=1S/C27H31BrN4O2S/c1-4-31(5-2)22-9-6-19(7-10-22)25-17-35-26(30-25)20-12-14-32(15-13-20)27(34)23-16-21(28)8-11-24(23)29-18(3)33/h6-11,16-17,20H,4-5,12-15H2,1-3H3,(H,29,33). The van der Waals surface area contributed by atoms with E-state index in [0.717, 1.165) is 46.7 Å². The summed E-state index contributed by atoms with van der Waals surface area (Å²) in [7, 11) is 0. The maximum Gasteiger partial charge on any atom is 0.256 e. The highest BCUT2D eigenvalue weighted by Gasteiger charge is 2.28. The lowest BCUT2D eigenvalue weighted by Crippen LogP contribution is -2.38. The maximum atomic E-state index is 13.2. The van der Waals surface area contributed by atoms with Crippen molar-refractivity contribution in [1.29, 1.82) is 0 Å². The molecular weight excluding hydrogens is 524 g/mol. The summed E-state index contributed by atoms with van der Waals surface area (Å²) in [6.45, 7) is 9.12. The van der Waals surface area contributed by atoms with Crippen LogP contribution < -0.4 is 10.2 Å². The van der Waals surface area contributed by atoms with Crippen LogP contribution in [-0.2, 0) is 4.79 Å². The van der Waals surface area contributed by atoms with E-state index in [1.807, 2.05) is 11.0 Å². The molecule has 2 heterocycles. The number of nitrogens with zero attached hydrogens (tertiary/aromatic N) is 3. The zero-order chi connectivity index (χ0) is 24.9. The third-order valence-corrected chi connectivity index (χ3v) is 7.97. The largest absolute Gasteiger partial charge is 0.372 e. The maximum absolute atomic E-state index is 13.2. The molecule has 0 spiro atoms. The number of aromatic nitrogens is 1. The summed E-state index contributed by atoms with van der Waals surface area (Å²) in [6, 6.07) is 14.0. The first-order valence-electron chi connectivity index (χ1n) is 12.1. The fraction of sp³-hybridized carbons (Fsp3) is 0.370. The molecule has 0 aliphatic carbocycles. The van der Waals surface area contributed by atoms with Crippen molar-refractivity contribution >= 4 is 50.5 Å². The van der Waals surface area contributed by atoms with Crippen LogP contribution >= 0.6 is 27.3 Å². The van der Waals surface area contributed by atoms with Gasteiger partial charge in [0.25, 0.3) is 5.91 Å². The van der Waals surface area contributed by atoms with Crippen LogP contribution in [0.3, 0.4) is 0 Å². The van der Waals surface area contributed by atoms with Gasteiger partial charge in [-0.3, -0.25) is 9.59 Å².